The summed E-state index contributed by atoms with van der Waals surface area (Å²) in [6, 6.07) is 54.6. The van der Waals surface area contributed by atoms with Gasteiger partial charge in [0, 0.05) is 50.3 Å². The summed E-state index contributed by atoms with van der Waals surface area (Å²) in [5.41, 5.74) is 26.1. The minimum atomic E-state index is -0.204. The summed E-state index contributed by atoms with van der Waals surface area (Å²) in [6.07, 6.45) is 9.22. The number of benzene rings is 8. The molecule has 6 aliphatic rings. The van der Waals surface area contributed by atoms with Crippen molar-refractivity contribution in [3.63, 3.8) is 0 Å². The summed E-state index contributed by atoms with van der Waals surface area (Å²) in [7, 11) is 0. The summed E-state index contributed by atoms with van der Waals surface area (Å²) < 4.78 is 13.8. The van der Waals surface area contributed by atoms with Gasteiger partial charge in [-0.25, -0.2) is 0 Å². The Balaban J connectivity index is 1.11. The number of fused-ring (bicyclic) bond motifs is 15. The van der Waals surface area contributed by atoms with Crippen LogP contribution in [0.5, 0.6) is 0 Å². The van der Waals surface area contributed by atoms with Gasteiger partial charge in [0.15, 0.2) is 0 Å². The molecule has 412 valence electrons. The normalized spacial score (nSPS) is 22.5. The fourth-order valence-electron chi connectivity index (χ4n) is 17.2. The lowest BCUT2D eigenvalue weighted by atomic mass is 9.32. The molecule has 1 fully saturated rings. The molecular weight excluding hydrogens is 998 g/mol. The first-order valence-corrected chi connectivity index (χ1v) is 30.9. The number of furan rings is 2. The van der Waals surface area contributed by atoms with E-state index in [1.54, 1.807) is 0 Å². The molecule has 16 rings (SSSR count). The van der Waals surface area contributed by atoms with Crippen molar-refractivity contribution >= 4 is 112 Å². The Hall–Kier alpha value is -7.18. The van der Waals surface area contributed by atoms with Crippen molar-refractivity contribution in [3.8, 4) is 0 Å². The highest BCUT2D eigenvalue weighted by molar-refractivity contribution is 7.00. The largest absolute Gasteiger partial charge is 0.456 e. The van der Waals surface area contributed by atoms with Crippen molar-refractivity contribution in [1.29, 1.82) is 0 Å². The van der Waals surface area contributed by atoms with Crippen molar-refractivity contribution in [3.05, 3.63) is 173 Å². The predicted molar refractivity (Wildman–Crippen MR) is 347 cm³/mol. The highest BCUT2D eigenvalue weighted by atomic mass is 16.3. The molecule has 2 unspecified atom stereocenters. The maximum Gasteiger partial charge on any atom is 0.252 e. The molecule has 5 nitrogen and oxygen atoms in total. The smallest absolute Gasteiger partial charge is 0.252 e. The first kappa shape index (κ1) is 50.5. The van der Waals surface area contributed by atoms with Gasteiger partial charge in [-0.05, 0) is 189 Å². The van der Waals surface area contributed by atoms with E-state index in [9.17, 15) is 0 Å². The van der Waals surface area contributed by atoms with Crippen molar-refractivity contribution in [1.82, 2.24) is 0 Å². The molecule has 0 saturated heterocycles. The van der Waals surface area contributed by atoms with E-state index in [-0.39, 0.29) is 44.7 Å². The molecule has 10 aromatic rings. The maximum atomic E-state index is 6.88. The first-order chi connectivity index (χ1) is 39.0. The van der Waals surface area contributed by atoms with Crippen LogP contribution in [-0.2, 0) is 32.5 Å². The molecule has 2 aromatic heterocycles. The molecule has 0 bridgehead atoms. The van der Waals surface area contributed by atoms with E-state index < -0.39 is 0 Å². The summed E-state index contributed by atoms with van der Waals surface area (Å²) in [4.78, 5) is 8.29. The number of rotatable bonds is 3. The van der Waals surface area contributed by atoms with Gasteiger partial charge in [0.1, 0.15) is 22.3 Å². The lowest BCUT2D eigenvalue weighted by Gasteiger charge is -2.51. The van der Waals surface area contributed by atoms with Gasteiger partial charge >= 0.3 is 0 Å². The zero-order valence-electron chi connectivity index (χ0n) is 50.7. The average Bonchev–Trinajstić information content (AvgIpc) is 4.09. The first-order valence-electron chi connectivity index (χ1n) is 30.9. The summed E-state index contributed by atoms with van der Waals surface area (Å²) >= 11 is 0. The number of nitrogens with zero attached hydrogens (tertiary/aromatic N) is 3. The maximum absolute atomic E-state index is 6.88. The van der Waals surface area contributed by atoms with Crippen LogP contribution in [0.15, 0.2) is 148 Å². The van der Waals surface area contributed by atoms with Crippen molar-refractivity contribution in [2.45, 2.75) is 179 Å². The fraction of sp³-hybridized carbons (Fsp3) is 0.368. The van der Waals surface area contributed by atoms with Crippen LogP contribution < -0.4 is 31.1 Å². The average molecular weight is 1080 g/mol. The number of hydrogen-bond donors (Lipinski definition) is 0. The van der Waals surface area contributed by atoms with Crippen molar-refractivity contribution in [2.75, 3.05) is 14.7 Å². The van der Waals surface area contributed by atoms with Crippen molar-refractivity contribution < 1.29 is 8.83 Å². The molecule has 0 amide bonds. The van der Waals surface area contributed by atoms with Crippen LogP contribution in [0.4, 0.5) is 45.5 Å². The Morgan fingerprint density at radius 1 is 0.402 bits per heavy atom. The van der Waals surface area contributed by atoms with E-state index in [4.69, 9.17) is 8.83 Å². The Bertz CT molecular complexity index is 4200. The number of hydrogen-bond acceptors (Lipinski definition) is 5. The Morgan fingerprint density at radius 2 is 0.854 bits per heavy atom. The molecule has 3 aliphatic heterocycles. The molecule has 2 atom stereocenters. The standard InChI is InChI=1S/C76H78BN3O2/c1-70(2,3)45-30-31-56-53(38-45)75(12)32-18-19-33-76(75,13)80(56)46-39-61-69-62(40-46)79(58-25-21-29-66-68(58)48-23-15-17-27-64(48)82-66)60-44-52-50(72(6,7)35-37-74(52,10)11)42-55(60)77(69)54-41-49-51(73(8,9)36-34-71(49,4)5)43-59(54)78(61)57-24-20-28-65-67(57)47-22-14-16-26-63(47)81-65/h14-17,20-31,38-44H,18-19,32-37H2,1-13H3. The third kappa shape index (κ3) is 6.64. The second kappa shape index (κ2) is 16.3. The van der Waals surface area contributed by atoms with Gasteiger partial charge in [0.2, 0.25) is 0 Å². The van der Waals surface area contributed by atoms with Crippen LogP contribution in [0.2, 0.25) is 0 Å². The van der Waals surface area contributed by atoms with E-state index in [0.29, 0.717) is 0 Å². The summed E-state index contributed by atoms with van der Waals surface area (Å²) in [5, 5.41) is 4.56. The van der Waals surface area contributed by atoms with E-state index in [1.165, 1.54) is 96.7 Å². The third-order valence-electron chi connectivity index (χ3n) is 22.5. The topological polar surface area (TPSA) is 36.0 Å². The zero-order chi connectivity index (χ0) is 56.6. The van der Waals surface area contributed by atoms with E-state index in [2.05, 4.69) is 244 Å². The lowest BCUT2D eigenvalue weighted by molar-refractivity contribution is 0.195. The Labute approximate surface area is 485 Å². The van der Waals surface area contributed by atoms with Gasteiger partial charge in [-0.2, -0.15) is 0 Å². The monoisotopic (exact) mass is 1080 g/mol. The van der Waals surface area contributed by atoms with E-state index in [1.807, 2.05) is 0 Å². The minimum Gasteiger partial charge on any atom is -0.456 e. The van der Waals surface area contributed by atoms with Gasteiger partial charge in [-0.15, -0.1) is 0 Å². The molecular formula is C76H78BN3O2. The Kier molecular flexibility index (Phi) is 10.1. The van der Waals surface area contributed by atoms with Crippen LogP contribution in [0.25, 0.3) is 43.9 Å². The molecule has 3 aliphatic carbocycles. The molecule has 6 heteroatoms. The number of anilines is 8. The number of para-hydroxylation sites is 2. The van der Waals surface area contributed by atoms with Crippen molar-refractivity contribution in [2.24, 2.45) is 0 Å². The van der Waals surface area contributed by atoms with E-state index in [0.717, 1.165) is 93.8 Å². The highest BCUT2D eigenvalue weighted by Crippen LogP contribution is 2.63. The van der Waals surface area contributed by atoms with Gasteiger partial charge in [-0.1, -0.05) is 169 Å². The third-order valence-corrected chi connectivity index (χ3v) is 22.5. The van der Waals surface area contributed by atoms with Crippen LogP contribution in [0.1, 0.15) is 175 Å². The van der Waals surface area contributed by atoms with Gasteiger partial charge in [-0.3, -0.25) is 0 Å². The second-order valence-corrected chi connectivity index (χ2v) is 30.1. The molecule has 82 heavy (non-hydrogen) atoms. The van der Waals surface area contributed by atoms with Gasteiger partial charge < -0.3 is 23.5 Å². The van der Waals surface area contributed by atoms with Crippen LogP contribution in [-0.4, -0.2) is 12.3 Å². The molecule has 5 heterocycles. The predicted octanol–water partition coefficient (Wildman–Crippen LogP) is 19.3. The second-order valence-electron chi connectivity index (χ2n) is 30.1. The molecule has 0 spiro atoms. The lowest BCUT2D eigenvalue weighted by Crippen LogP contribution is -2.62. The summed E-state index contributed by atoms with van der Waals surface area (Å²) in [5.74, 6) is 0. The van der Waals surface area contributed by atoms with Crippen LogP contribution >= 0.6 is 0 Å². The quantitative estimate of drug-likeness (QED) is 0.165. The van der Waals surface area contributed by atoms with Gasteiger partial charge in [0.25, 0.3) is 6.71 Å². The fourth-order valence-corrected chi connectivity index (χ4v) is 17.2. The van der Waals surface area contributed by atoms with Gasteiger partial charge in [0.05, 0.1) is 27.7 Å². The zero-order valence-corrected chi connectivity index (χ0v) is 50.7. The molecule has 8 aromatic carbocycles. The Morgan fingerprint density at radius 3 is 1.34 bits per heavy atom. The highest BCUT2D eigenvalue weighted by Gasteiger charge is 2.59. The minimum absolute atomic E-state index is 0.0131. The SMILES string of the molecule is CC(C)(C)c1ccc2c(c1)C1(C)CCCCC1(C)N2c1cc2c3c(c1)N(c1cccc4oc5ccccc5c14)c1cc4c(cc1B3c1cc3c(cc1N2c1cccc2oc5ccccc5c12)C(C)(C)CCC3(C)C)C(C)(C)CCC4(C)C. The van der Waals surface area contributed by atoms with E-state index >= 15 is 0 Å². The summed E-state index contributed by atoms with van der Waals surface area (Å²) in [6.45, 7) is 32.3. The molecule has 0 N–H and O–H groups in total. The molecule has 1 saturated carbocycles. The van der Waals surface area contributed by atoms with Crippen LogP contribution in [0, 0.1) is 0 Å². The molecule has 0 radical (unpaired) electrons. The van der Waals surface area contributed by atoms with Crippen LogP contribution in [0.3, 0.4) is 0 Å².